The second-order valence-electron chi connectivity index (χ2n) is 6.18. The van der Waals surface area contributed by atoms with Crippen LogP contribution in [0.3, 0.4) is 0 Å². The number of carbonyl (C=O) groups excluding carboxylic acids is 1. The van der Waals surface area contributed by atoms with Crippen LogP contribution in [0, 0.1) is 0 Å². The van der Waals surface area contributed by atoms with Crippen LogP contribution in [0.15, 0.2) is 24.3 Å². The summed E-state index contributed by atoms with van der Waals surface area (Å²) in [7, 11) is 2.12. The van der Waals surface area contributed by atoms with E-state index in [1.54, 1.807) is 0 Å². The summed E-state index contributed by atoms with van der Waals surface area (Å²) in [5.41, 5.74) is 0. The van der Waals surface area contributed by atoms with E-state index in [9.17, 15) is 4.79 Å². The first-order chi connectivity index (χ1) is 11.6. The first-order valence-electron chi connectivity index (χ1n) is 8.63. The van der Waals surface area contributed by atoms with E-state index < -0.39 is 0 Å². The number of nitrogens with one attached hydrogen (secondary N) is 1. The average Bonchev–Trinajstić information content (AvgIpc) is 2.56. The third-order valence-electron chi connectivity index (χ3n) is 4.14. The second kappa shape index (κ2) is 9.49. The Hall–Kier alpha value is -1.79. The molecular weight excluding hydrogens is 306 g/mol. The summed E-state index contributed by atoms with van der Waals surface area (Å²) in [6.07, 6.45) is 0. The normalized spacial score (nSPS) is 19.0. The van der Waals surface area contributed by atoms with Gasteiger partial charge in [-0.25, -0.2) is 0 Å². The number of amides is 1. The SMILES string of the molecule is CCOc1ccc(OCCNC(=O)CN2CCN(C)C[C@H]2C)cc1. The van der Waals surface area contributed by atoms with Crippen LogP contribution in [0.5, 0.6) is 11.5 Å². The molecule has 6 nitrogen and oxygen atoms in total. The van der Waals surface area contributed by atoms with Crippen molar-refractivity contribution in [2.24, 2.45) is 0 Å². The van der Waals surface area contributed by atoms with E-state index in [4.69, 9.17) is 9.47 Å². The van der Waals surface area contributed by atoms with Gasteiger partial charge in [-0.15, -0.1) is 0 Å². The molecular formula is C18H29N3O3. The summed E-state index contributed by atoms with van der Waals surface area (Å²) in [5.74, 6) is 1.67. The number of rotatable bonds is 8. The van der Waals surface area contributed by atoms with Crippen LogP contribution < -0.4 is 14.8 Å². The molecule has 1 aliphatic heterocycles. The lowest BCUT2D eigenvalue weighted by Gasteiger charge is -2.37. The van der Waals surface area contributed by atoms with Crippen LogP contribution in [0.1, 0.15) is 13.8 Å². The second-order valence-corrected chi connectivity index (χ2v) is 6.18. The highest BCUT2D eigenvalue weighted by molar-refractivity contribution is 5.78. The molecule has 1 N–H and O–H groups in total. The Morgan fingerprint density at radius 2 is 1.88 bits per heavy atom. The van der Waals surface area contributed by atoms with E-state index in [0.29, 0.717) is 32.3 Å². The molecule has 1 atom stereocenters. The molecule has 1 aromatic rings. The predicted molar refractivity (Wildman–Crippen MR) is 94.6 cm³/mol. The molecule has 0 spiro atoms. The van der Waals surface area contributed by atoms with Crippen LogP contribution >= 0.6 is 0 Å². The molecule has 0 aliphatic carbocycles. The zero-order valence-corrected chi connectivity index (χ0v) is 15.0. The van der Waals surface area contributed by atoms with Crippen LogP contribution in [0.25, 0.3) is 0 Å². The fourth-order valence-electron chi connectivity index (χ4n) is 2.81. The zero-order valence-electron chi connectivity index (χ0n) is 15.0. The number of piperazine rings is 1. The first-order valence-corrected chi connectivity index (χ1v) is 8.63. The van der Waals surface area contributed by atoms with Gasteiger partial charge in [-0.1, -0.05) is 0 Å². The molecule has 1 amide bonds. The molecule has 0 bridgehead atoms. The van der Waals surface area contributed by atoms with E-state index >= 15 is 0 Å². The summed E-state index contributed by atoms with van der Waals surface area (Å²) < 4.78 is 11.0. The highest BCUT2D eigenvalue weighted by Gasteiger charge is 2.22. The Morgan fingerprint density at radius 1 is 1.21 bits per heavy atom. The van der Waals surface area contributed by atoms with E-state index in [1.165, 1.54) is 0 Å². The molecule has 134 valence electrons. The highest BCUT2D eigenvalue weighted by atomic mass is 16.5. The van der Waals surface area contributed by atoms with Gasteiger partial charge in [0, 0.05) is 25.7 Å². The third kappa shape index (κ3) is 6.02. The van der Waals surface area contributed by atoms with Gasteiger partial charge >= 0.3 is 0 Å². The van der Waals surface area contributed by atoms with Crippen molar-refractivity contribution in [2.75, 3.05) is 53.0 Å². The van der Waals surface area contributed by atoms with Gasteiger partial charge in [0.25, 0.3) is 0 Å². The highest BCUT2D eigenvalue weighted by Crippen LogP contribution is 2.17. The van der Waals surface area contributed by atoms with Gasteiger partial charge in [0.05, 0.1) is 19.7 Å². The number of nitrogens with zero attached hydrogens (tertiary/aromatic N) is 2. The lowest BCUT2D eigenvalue weighted by Crippen LogP contribution is -2.53. The summed E-state index contributed by atoms with van der Waals surface area (Å²) in [6, 6.07) is 7.92. The van der Waals surface area contributed by atoms with Crippen molar-refractivity contribution in [2.45, 2.75) is 19.9 Å². The van der Waals surface area contributed by atoms with Gasteiger partial charge < -0.3 is 19.7 Å². The third-order valence-corrected chi connectivity index (χ3v) is 4.14. The largest absolute Gasteiger partial charge is 0.494 e. The number of ether oxygens (including phenoxy) is 2. The van der Waals surface area contributed by atoms with Crippen molar-refractivity contribution in [3.63, 3.8) is 0 Å². The van der Waals surface area contributed by atoms with Crippen LogP contribution in [-0.2, 0) is 4.79 Å². The van der Waals surface area contributed by atoms with Crippen LogP contribution in [0.2, 0.25) is 0 Å². The maximum absolute atomic E-state index is 12.0. The van der Waals surface area contributed by atoms with Crippen molar-refractivity contribution in [3.8, 4) is 11.5 Å². The van der Waals surface area contributed by atoms with Gasteiger partial charge in [0.2, 0.25) is 5.91 Å². The minimum atomic E-state index is 0.0571. The van der Waals surface area contributed by atoms with Gasteiger partial charge in [-0.05, 0) is 45.2 Å². The molecule has 2 rings (SSSR count). The molecule has 1 aliphatic rings. The molecule has 1 fully saturated rings. The fourth-order valence-corrected chi connectivity index (χ4v) is 2.81. The molecule has 1 saturated heterocycles. The summed E-state index contributed by atoms with van der Waals surface area (Å²) in [4.78, 5) is 16.5. The molecule has 0 unspecified atom stereocenters. The maximum Gasteiger partial charge on any atom is 0.234 e. The smallest absolute Gasteiger partial charge is 0.234 e. The molecule has 1 heterocycles. The van der Waals surface area contributed by atoms with Crippen molar-refractivity contribution < 1.29 is 14.3 Å². The first kappa shape index (κ1) is 18.5. The van der Waals surface area contributed by atoms with Crippen molar-refractivity contribution in [1.82, 2.24) is 15.1 Å². The van der Waals surface area contributed by atoms with Gasteiger partial charge in [0.1, 0.15) is 18.1 Å². The standard InChI is InChI=1S/C18H29N3O3/c1-4-23-16-5-7-17(8-6-16)24-12-9-19-18(22)14-21-11-10-20(3)13-15(21)2/h5-8,15H,4,9-14H2,1-3H3,(H,19,22)/t15-/m1/s1. The molecule has 24 heavy (non-hydrogen) atoms. The van der Waals surface area contributed by atoms with E-state index in [1.807, 2.05) is 31.2 Å². The van der Waals surface area contributed by atoms with Gasteiger partial charge in [-0.2, -0.15) is 0 Å². The monoisotopic (exact) mass is 335 g/mol. The number of hydrogen-bond acceptors (Lipinski definition) is 5. The fraction of sp³-hybridized carbons (Fsp3) is 0.611. The van der Waals surface area contributed by atoms with E-state index in [2.05, 4.69) is 29.1 Å². The number of carbonyl (C=O) groups is 1. The summed E-state index contributed by atoms with van der Waals surface area (Å²) in [5, 5.41) is 2.92. The maximum atomic E-state index is 12.0. The van der Waals surface area contributed by atoms with Crippen LogP contribution in [0.4, 0.5) is 0 Å². The Kier molecular flexibility index (Phi) is 7.34. The predicted octanol–water partition coefficient (Wildman–Crippen LogP) is 1.22. The van der Waals surface area contributed by atoms with Crippen molar-refractivity contribution >= 4 is 5.91 Å². The summed E-state index contributed by atoms with van der Waals surface area (Å²) >= 11 is 0. The molecule has 1 aromatic carbocycles. The Balaban J connectivity index is 1.62. The molecule has 0 radical (unpaired) electrons. The number of likely N-dealkylation sites (N-methyl/N-ethyl adjacent to an activating group) is 1. The zero-order chi connectivity index (χ0) is 17.4. The minimum absolute atomic E-state index is 0.0571. The quantitative estimate of drug-likeness (QED) is 0.724. The van der Waals surface area contributed by atoms with Crippen LogP contribution in [-0.4, -0.2) is 74.7 Å². The average molecular weight is 335 g/mol. The number of benzene rings is 1. The Morgan fingerprint density at radius 3 is 2.50 bits per heavy atom. The topological polar surface area (TPSA) is 54.0 Å². The Labute approximate surface area is 144 Å². The van der Waals surface area contributed by atoms with E-state index in [0.717, 1.165) is 31.1 Å². The lowest BCUT2D eigenvalue weighted by atomic mass is 10.2. The molecule has 6 heteroatoms. The molecule has 0 saturated carbocycles. The number of hydrogen-bond donors (Lipinski definition) is 1. The van der Waals surface area contributed by atoms with Crippen molar-refractivity contribution in [3.05, 3.63) is 24.3 Å². The van der Waals surface area contributed by atoms with Gasteiger partial charge in [0.15, 0.2) is 0 Å². The van der Waals surface area contributed by atoms with Crippen molar-refractivity contribution in [1.29, 1.82) is 0 Å². The van der Waals surface area contributed by atoms with E-state index in [-0.39, 0.29) is 5.91 Å². The minimum Gasteiger partial charge on any atom is -0.494 e. The Bertz CT molecular complexity index is 507. The van der Waals surface area contributed by atoms with Gasteiger partial charge in [-0.3, -0.25) is 9.69 Å². The lowest BCUT2D eigenvalue weighted by molar-refractivity contribution is -0.123. The molecule has 0 aromatic heterocycles. The summed E-state index contributed by atoms with van der Waals surface area (Å²) in [6.45, 7) is 9.15.